The van der Waals surface area contributed by atoms with E-state index in [1.807, 2.05) is 0 Å². The first kappa shape index (κ1) is 15.0. The van der Waals surface area contributed by atoms with E-state index in [4.69, 9.17) is 5.11 Å². The molecule has 0 heterocycles. The maximum atomic E-state index is 12.1. The van der Waals surface area contributed by atoms with E-state index in [9.17, 15) is 9.90 Å². The van der Waals surface area contributed by atoms with Crippen molar-refractivity contribution >= 4 is 21.8 Å². The average Bonchev–Trinajstić information content (AvgIpc) is 2.36. The van der Waals surface area contributed by atoms with Crippen LogP contribution in [0.1, 0.15) is 29.6 Å². The Morgan fingerprint density at radius 3 is 2.72 bits per heavy atom. The van der Waals surface area contributed by atoms with Crippen molar-refractivity contribution in [3.63, 3.8) is 0 Å². The van der Waals surface area contributed by atoms with E-state index in [0.717, 1.165) is 23.7 Å². The van der Waals surface area contributed by atoms with Crippen molar-refractivity contribution in [1.82, 2.24) is 4.90 Å². The SMILES string of the molecule is CN(CCCCCO)C(=O)c1cc(Br)ccc1O. The summed E-state index contributed by atoms with van der Waals surface area (Å²) in [6.07, 6.45) is 2.49. The molecule has 1 rings (SSSR count). The Morgan fingerprint density at radius 2 is 2.06 bits per heavy atom. The number of aliphatic hydroxyl groups is 1. The van der Waals surface area contributed by atoms with Crippen LogP contribution >= 0.6 is 15.9 Å². The van der Waals surface area contributed by atoms with Gasteiger partial charge in [-0.05, 0) is 37.5 Å². The number of phenols is 1. The lowest BCUT2D eigenvalue weighted by atomic mass is 10.1. The van der Waals surface area contributed by atoms with E-state index in [2.05, 4.69) is 15.9 Å². The third-order valence-corrected chi connectivity index (χ3v) is 3.18. The van der Waals surface area contributed by atoms with Crippen LogP contribution in [0.3, 0.4) is 0 Å². The fraction of sp³-hybridized carbons (Fsp3) is 0.462. The summed E-state index contributed by atoms with van der Waals surface area (Å²) in [4.78, 5) is 13.7. The molecule has 0 aliphatic heterocycles. The van der Waals surface area contributed by atoms with Gasteiger partial charge in [-0.15, -0.1) is 0 Å². The Labute approximate surface area is 115 Å². The number of nitrogens with zero attached hydrogens (tertiary/aromatic N) is 1. The van der Waals surface area contributed by atoms with E-state index in [0.29, 0.717) is 12.1 Å². The van der Waals surface area contributed by atoms with Crippen molar-refractivity contribution in [1.29, 1.82) is 0 Å². The summed E-state index contributed by atoms with van der Waals surface area (Å²) >= 11 is 3.28. The first-order chi connectivity index (χ1) is 8.56. The number of unbranched alkanes of at least 4 members (excludes halogenated alkanes) is 2. The lowest BCUT2D eigenvalue weighted by molar-refractivity contribution is 0.0789. The number of halogens is 1. The summed E-state index contributed by atoms with van der Waals surface area (Å²) in [7, 11) is 1.71. The Kier molecular flexibility index (Phi) is 6.15. The fourth-order valence-corrected chi connectivity index (χ4v) is 1.99. The number of hydrogen-bond acceptors (Lipinski definition) is 3. The minimum absolute atomic E-state index is 0.00888. The van der Waals surface area contributed by atoms with Crippen molar-refractivity contribution in [3.05, 3.63) is 28.2 Å². The molecule has 0 atom stereocenters. The highest BCUT2D eigenvalue weighted by molar-refractivity contribution is 9.10. The number of carbonyl (C=O) groups excluding carboxylic acids is 1. The monoisotopic (exact) mass is 315 g/mol. The van der Waals surface area contributed by atoms with Gasteiger partial charge in [0.1, 0.15) is 5.75 Å². The van der Waals surface area contributed by atoms with Gasteiger partial charge in [-0.3, -0.25) is 4.79 Å². The van der Waals surface area contributed by atoms with Gasteiger partial charge in [-0.25, -0.2) is 0 Å². The zero-order valence-electron chi connectivity index (χ0n) is 10.4. The van der Waals surface area contributed by atoms with Gasteiger partial charge in [0.05, 0.1) is 5.56 Å². The second-order valence-corrected chi connectivity index (χ2v) is 5.09. The topological polar surface area (TPSA) is 60.8 Å². The predicted molar refractivity (Wildman–Crippen MR) is 73.7 cm³/mol. The largest absolute Gasteiger partial charge is 0.507 e. The minimum Gasteiger partial charge on any atom is -0.507 e. The second-order valence-electron chi connectivity index (χ2n) is 4.17. The van der Waals surface area contributed by atoms with Gasteiger partial charge in [-0.1, -0.05) is 15.9 Å². The van der Waals surface area contributed by atoms with Crippen LogP contribution in [-0.2, 0) is 0 Å². The molecule has 2 N–H and O–H groups in total. The van der Waals surface area contributed by atoms with E-state index >= 15 is 0 Å². The van der Waals surface area contributed by atoms with Gasteiger partial charge < -0.3 is 15.1 Å². The van der Waals surface area contributed by atoms with Gasteiger partial charge in [0.2, 0.25) is 0 Å². The Balaban J connectivity index is 2.60. The van der Waals surface area contributed by atoms with Gasteiger partial charge in [0, 0.05) is 24.7 Å². The number of phenolic OH excluding ortho intramolecular Hbond substituents is 1. The summed E-state index contributed by atoms with van der Waals surface area (Å²) in [6, 6.07) is 4.80. The maximum Gasteiger partial charge on any atom is 0.257 e. The average molecular weight is 316 g/mol. The van der Waals surface area contributed by atoms with Gasteiger partial charge in [-0.2, -0.15) is 0 Å². The highest BCUT2D eigenvalue weighted by atomic mass is 79.9. The molecule has 0 spiro atoms. The number of aromatic hydroxyl groups is 1. The van der Waals surface area contributed by atoms with Crippen LogP contribution in [0.25, 0.3) is 0 Å². The number of carbonyl (C=O) groups is 1. The minimum atomic E-state index is -0.196. The van der Waals surface area contributed by atoms with Gasteiger partial charge in [0.25, 0.3) is 5.91 Å². The molecule has 5 heteroatoms. The molecule has 1 amide bonds. The summed E-state index contributed by atoms with van der Waals surface area (Å²) in [5, 5.41) is 18.3. The van der Waals surface area contributed by atoms with E-state index in [1.54, 1.807) is 24.1 Å². The quantitative estimate of drug-likeness (QED) is 0.792. The first-order valence-electron chi connectivity index (χ1n) is 5.91. The molecule has 1 aromatic carbocycles. The maximum absolute atomic E-state index is 12.1. The molecule has 0 aromatic heterocycles. The lowest BCUT2D eigenvalue weighted by Gasteiger charge is -2.17. The van der Waals surface area contributed by atoms with Crippen LogP contribution in [0.4, 0.5) is 0 Å². The van der Waals surface area contributed by atoms with Crippen molar-refractivity contribution in [2.24, 2.45) is 0 Å². The Morgan fingerprint density at radius 1 is 1.33 bits per heavy atom. The molecular weight excluding hydrogens is 298 g/mol. The molecule has 0 bridgehead atoms. The Hall–Kier alpha value is -1.07. The predicted octanol–water partition coefficient (Wildman–Crippen LogP) is 2.39. The molecular formula is C13H18BrNO3. The smallest absolute Gasteiger partial charge is 0.257 e. The highest BCUT2D eigenvalue weighted by Gasteiger charge is 2.15. The van der Waals surface area contributed by atoms with Crippen molar-refractivity contribution in [3.8, 4) is 5.75 Å². The molecule has 0 aliphatic carbocycles. The third-order valence-electron chi connectivity index (χ3n) is 2.69. The van der Waals surface area contributed by atoms with Crippen molar-refractivity contribution in [2.75, 3.05) is 20.2 Å². The van der Waals surface area contributed by atoms with Gasteiger partial charge in [0.15, 0.2) is 0 Å². The highest BCUT2D eigenvalue weighted by Crippen LogP contribution is 2.23. The van der Waals surface area contributed by atoms with Crippen LogP contribution in [0.15, 0.2) is 22.7 Å². The molecule has 0 saturated heterocycles. The number of amides is 1. The fourth-order valence-electron chi connectivity index (χ4n) is 1.62. The molecule has 0 fully saturated rings. The third kappa shape index (κ3) is 4.31. The van der Waals surface area contributed by atoms with E-state index in [1.165, 1.54) is 6.07 Å². The van der Waals surface area contributed by atoms with Crippen molar-refractivity contribution < 1.29 is 15.0 Å². The van der Waals surface area contributed by atoms with E-state index < -0.39 is 0 Å². The normalized spacial score (nSPS) is 10.4. The second kappa shape index (κ2) is 7.38. The molecule has 18 heavy (non-hydrogen) atoms. The first-order valence-corrected chi connectivity index (χ1v) is 6.70. The van der Waals surface area contributed by atoms with Gasteiger partial charge >= 0.3 is 0 Å². The van der Waals surface area contributed by atoms with Crippen LogP contribution in [0, 0.1) is 0 Å². The van der Waals surface area contributed by atoms with Crippen LogP contribution < -0.4 is 0 Å². The zero-order chi connectivity index (χ0) is 13.5. The molecule has 0 radical (unpaired) electrons. The Bertz CT molecular complexity index is 409. The molecule has 100 valence electrons. The molecule has 1 aromatic rings. The summed E-state index contributed by atoms with van der Waals surface area (Å²) < 4.78 is 0.761. The number of rotatable bonds is 6. The standard InChI is InChI=1S/C13H18BrNO3/c1-15(7-3-2-4-8-16)13(18)11-9-10(14)5-6-12(11)17/h5-6,9,16-17H,2-4,7-8H2,1H3. The number of aliphatic hydroxyl groups excluding tert-OH is 1. The molecule has 0 unspecified atom stereocenters. The number of benzene rings is 1. The zero-order valence-corrected chi connectivity index (χ0v) is 12.0. The lowest BCUT2D eigenvalue weighted by Crippen LogP contribution is -2.27. The summed E-state index contributed by atoms with van der Waals surface area (Å²) in [6.45, 7) is 0.800. The van der Waals surface area contributed by atoms with E-state index in [-0.39, 0.29) is 18.3 Å². The molecule has 0 aliphatic rings. The molecule has 0 saturated carbocycles. The number of hydrogen-bond donors (Lipinski definition) is 2. The van der Waals surface area contributed by atoms with Crippen LogP contribution in [-0.4, -0.2) is 41.2 Å². The molecule has 4 nitrogen and oxygen atoms in total. The van der Waals surface area contributed by atoms with Crippen LogP contribution in [0.5, 0.6) is 5.75 Å². The summed E-state index contributed by atoms with van der Waals surface area (Å²) in [5.41, 5.74) is 0.300. The summed E-state index contributed by atoms with van der Waals surface area (Å²) in [5.74, 6) is -0.205. The van der Waals surface area contributed by atoms with Crippen molar-refractivity contribution in [2.45, 2.75) is 19.3 Å². The van der Waals surface area contributed by atoms with Crippen LogP contribution in [0.2, 0.25) is 0 Å².